The maximum Gasteiger partial charge on any atom is 0.270 e. The molecule has 3 rings (SSSR count). The van der Waals surface area contributed by atoms with Crippen molar-refractivity contribution >= 4 is 32.4 Å². The van der Waals surface area contributed by atoms with E-state index in [9.17, 15) is 13.2 Å². The summed E-state index contributed by atoms with van der Waals surface area (Å²) in [6.45, 7) is 3.67. The lowest BCUT2D eigenvalue weighted by molar-refractivity contribution is 0.102. The van der Waals surface area contributed by atoms with Gasteiger partial charge in [0.15, 0.2) is 0 Å². The molecule has 0 unspecified atom stereocenters. The summed E-state index contributed by atoms with van der Waals surface area (Å²) in [6.07, 6.45) is 0. The third-order valence-electron chi connectivity index (χ3n) is 3.80. The highest BCUT2D eigenvalue weighted by atomic mass is 32.2. The van der Waals surface area contributed by atoms with E-state index in [1.54, 1.807) is 19.1 Å². The fraction of sp³-hybridized carbons (Fsp3) is 0.167. The highest BCUT2D eigenvalue weighted by Gasteiger charge is 2.23. The summed E-state index contributed by atoms with van der Waals surface area (Å²) in [5.41, 5.74) is 2.32. The number of sulfonamides is 1. The topological polar surface area (TPSA) is 101 Å². The Labute approximate surface area is 161 Å². The van der Waals surface area contributed by atoms with Gasteiger partial charge in [-0.15, -0.1) is 10.2 Å². The second kappa shape index (κ2) is 7.95. The number of anilines is 1. The number of hydrogen-bond donors (Lipinski definition) is 2. The number of hydrogen-bond acceptors (Lipinski definition) is 6. The lowest BCUT2D eigenvalue weighted by atomic mass is 10.1. The Balaban J connectivity index is 1.70. The van der Waals surface area contributed by atoms with E-state index < -0.39 is 16.1 Å². The zero-order chi connectivity index (χ0) is 19.4. The first kappa shape index (κ1) is 19.2. The van der Waals surface area contributed by atoms with Crippen molar-refractivity contribution in [1.82, 2.24) is 14.9 Å². The molecule has 0 spiro atoms. The van der Waals surface area contributed by atoms with Crippen LogP contribution >= 0.6 is 11.3 Å². The first-order valence-corrected chi connectivity index (χ1v) is 10.4. The van der Waals surface area contributed by atoms with Crippen molar-refractivity contribution in [1.29, 1.82) is 0 Å². The smallest absolute Gasteiger partial charge is 0.270 e. The van der Waals surface area contributed by atoms with Crippen LogP contribution in [-0.4, -0.2) is 24.5 Å². The number of nitrogens with zero attached hydrogens (tertiary/aromatic N) is 2. The molecule has 0 bridgehead atoms. The predicted octanol–water partition coefficient (Wildman–Crippen LogP) is 3.14. The molecule has 1 heterocycles. The van der Waals surface area contributed by atoms with Gasteiger partial charge in [-0.25, -0.2) is 13.1 Å². The maximum atomic E-state index is 12.5. The van der Waals surface area contributed by atoms with E-state index in [1.165, 1.54) is 0 Å². The molecule has 2 N–H and O–H groups in total. The lowest BCUT2D eigenvalue weighted by Crippen LogP contribution is -2.26. The van der Waals surface area contributed by atoms with Crippen LogP contribution in [0.15, 0.2) is 58.9 Å². The molecule has 0 radical (unpaired) electrons. The molecule has 3 aromatic rings. The Hall–Kier alpha value is -2.62. The van der Waals surface area contributed by atoms with Crippen molar-refractivity contribution in [3.8, 4) is 0 Å². The molecule has 9 heteroatoms. The predicted molar refractivity (Wildman–Crippen MR) is 104 cm³/mol. The number of aromatic nitrogens is 2. The van der Waals surface area contributed by atoms with Gasteiger partial charge in [0.25, 0.3) is 15.9 Å². The van der Waals surface area contributed by atoms with Gasteiger partial charge in [-0.2, -0.15) is 0 Å². The number of aryl methyl sites for hydroxylation is 1. The minimum Gasteiger partial charge on any atom is -0.296 e. The van der Waals surface area contributed by atoms with Crippen molar-refractivity contribution in [3.63, 3.8) is 0 Å². The van der Waals surface area contributed by atoms with Gasteiger partial charge < -0.3 is 0 Å². The maximum absolute atomic E-state index is 12.5. The SMILES string of the molecule is Cc1ccc(C(=O)Nc2nnc(S(=O)(=O)N[C@H](C)c3ccccc3)s2)cc1. The molecule has 0 aliphatic heterocycles. The number of amides is 1. The van der Waals surface area contributed by atoms with E-state index in [0.29, 0.717) is 5.56 Å². The van der Waals surface area contributed by atoms with Crippen LogP contribution in [0.25, 0.3) is 0 Å². The summed E-state index contributed by atoms with van der Waals surface area (Å²) in [5.74, 6) is -0.374. The Bertz CT molecular complexity index is 1030. The molecule has 0 saturated heterocycles. The van der Waals surface area contributed by atoms with Gasteiger partial charge in [0.05, 0.1) is 0 Å². The second-order valence-electron chi connectivity index (χ2n) is 5.95. The van der Waals surface area contributed by atoms with Crippen molar-refractivity contribution < 1.29 is 13.2 Å². The van der Waals surface area contributed by atoms with Crippen molar-refractivity contribution in [2.75, 3.05) is 5.32 Å². The zero-order valence-corrected chi connectivity index (χ0v) is 16.3. The normalized spacial score (nSPS) is 12.5. The van der Waals surface area contributed by atoms with E-state index in [1.807, 2.05) is 49.4 Å². The molecule has 140 valence electrons. The number of carbonyl (C=O) groups is 1. The molecule has 1 amide bonds. The van der Waals surface area contributed by atoms with E-state index in [2.05, 4.69) is 20.2 Å². The van der Waals surface area contributed by atoms with Gasteiger partial charge in [-0.05, 0) is 31.5 Å². The molecule has 0 aliphatic carbocycles. The third-order valence-corrected chi connectivity index (χ3v) is 6.55. The summed E-state index contributed by atoms with van der Waals surface area (Å²) < 4.78 is 27.4. The Morgan fingerprint density at radius 1 is 1.04 bits per heavy atom. The van der Waals surface area contributed by atoms with Crippen LogP contribution in [0.2, 0.25) is 0 Å². The summed E-state index contributed by atoms with van der Waals surface area (Å²) in [7, 11) is -3.85. The van der Waals surface area contributed by atoms with Crippen molar-refractivity contribution in [3.05, 3.63) is 71.3 Å². The summed E-state index contributed by atoms with van der Waals surface area (Å²) >= 11 is 0.799. The van der Waals surface area contributed by atoms with Gasteiger partial charge >= 0.3 is 0 Å². The molecule has 2 aromatic carbocycles. The molecule has 27 heavy (non-hydrogen) atoms. The molecule has 1 aromatic heterocycles. The van der Waals surface area contributed by atoms with Gasteiger partial charge in [-0.3, -0.25) is 10.1 Å². The standard InChI is InChI=1S/C18H18N4O3S2/c1-12-8-10-15(11-9-12)16(23)19-17-20-21-18(26-17)27(24,25)22-13(2)14-6-4-3-5-7-14/h3-11,13,22H,1-2H3,(H,19,20,23)/t13-/m1/s1. The van der Waals surface area contributed by atoms with Gasteiger partial charge in [0.1, 0.15) is 0 Å². The number of nitrogens with one attached hydrogen (secondary N) is 2. The molecule has 0 aliphatic rings. The van der Waals surface area contributed by atoms with Gasteiger partial charge in [-0.1, -0.05) is 59.4 Å². The van der Waals surface area contributed by atoms with Crippen LogP contribution in [0.3, 0.4) is 0 Å². The molecular weight excluding hydrogens is 384 g/mol. The van der Waals surface area contributed by atoms with Crippen LogP contribution in [0, 0.1) is 6.92 Å². The lowest BCUT2D eigenvalue weighted by Gasteiger charge is -2.12. The van der Waals surface area contributed by atoms with Gasteiger partial charge in [0, 0.05) is 11.6 Å². The second-order valence-corrected chi connectivity index (χ2v) is 8.81. The largest absolute Gasteiger partial charge is 0.296 e. The van der Waals surface area contributed by atoms with E-state index in [0.717, 1.165) is 22.5 Å². The Morgan fingerprint density at radius 2 is 1.70 bits per heavy atom. The summed E-state index contributed by atoms with van der Waals surface area (Å²) in [5, 5.41) is 10.1. The van der Waals surface area contributed by atoms with Crippen LogP contribution in [0.1, 0.15) is 34.5 Å². The average molecular weight is 403 g/mol. The molecular formula is C18H18N4O3S2. The van der Waals surface area contributed by atoms with Crippen LogP contribution in [0.4, 0.5) is 5.13 Å². The molecule has 0 fully saturated rings. The van der Waals surface area contributed by atoms with Gasteiger partial charge in [0.2, 0.25) is 9.47 Å². The van der Waals surface area contributed by atoms with Crippen LogP contribution < -0.4 is 10.0 Å². The Kier molecular flexibility index (Phi) is 5.64. The fourth-order valence-electron chi connectivity index (χ4n) is 2.34. The average Bonchev–Trinajstić information content (AvgIpc) is 3.12. The summed E-state index contributed by atoms with van der Waals surface area (Å²) in [4.78, 5) is 12.2. The minimum absolute atomic E-state index is 0.119. The fourth-order valence-corrected chi connectivity index (χ4v) is 4.48. The molecule has 7 nitrogen and oxygen atoms in total. The molecule has 1 atom stereocenters. The zero-order valence-electron chi connectivity index (χ0n) is 14.7. The van der Waals surface area contributed by atoms with Crippen molar-refractivity contribution in [2.45, 2.75) is 24.2 Å². The number of benzene rings is 2. The number of rotatable bonds is 6. The van der Waals surface area contributed by atoms with E-state index in [-0.39, 0.29) is 15.4 Å². The van der Waals surface area contributed by atoms with Crippen LogP contribution in [0.5, 0.6) is 0 Å². The van der Waals surface area contributed by atoms with E-state index in [4.69, 9.17) is 0 Å². The minimum atomic E-state index is -3.85. The molecule has 0 saturated carbocycles. The number of carbonyl (C=O) groups excluding carboxylic acids is 1. The van der Waals surface area contributed by atoms with Crippen molar-refractivity contribution in [2.24, 2.45) is 0 Å². The third kappa shape index (κ3) is 4.76. The van der Waals surface area contributed by atoms with Crippen LogP contribution in [-0.2, 0) is 10.0 Å². The highest BCUT2D eigenvalue weighted by molar-refractivity contribution is 7.91. The first-order chi connectivity index (χ1) is 12.8. The highest BCUT2D eigenvalue weighted by Crippen LogP contribution is 2.23. The first-order valence-electron chi connectivity index (χ1n) is 8.14. The quantitative estimate of drug-likeness (QED) is 0.617. The van der Waals surface area contributed by atoms with E-state index >= 15 is 0 Å². The Morgan fingerprint density at radius 3 is 2.37 bits per heavy atom. The monoisotopic (exact) mass is 402 g/mol. The summed E-state index contributed by atoms with van der Waals surface area (Å²) in [6, 6.07) is 15.8.